The third kappa shape index (κ3) is 3.85. The van der Waals surface area contributed by atoms with E-state index >= 15 is 0 Å². The average molecular weight is 444 g/mol. The Hall–Kier alpha value is -2.74. The lowest BCUT2D eigenvalue weighted by Gasteiger charge is -2.05. The highest BCUT2D eigenvalue weighted by Crippen LogP contribution is 2.33. The van der Waals surface area contributed by atoms with Gasteiger partial charge in [0.15, 0.2) is 0 Å². The van der Waals surface area contributed by atoms with Gasteiger partial charge in [0.2, 0.25) is 0 Å². The summed E-state index contributed by atoms with van der Waals surface area (Å²) in [6.45, 7) is 0. The normalized spacial score (nSPS) is 10.9. The van der Waals surface area contributed by atoms with Gasteiger partial charge < -0.3 is 10.2 Å². The van der Waals surface area contributed by atoms with Crippen molar-refractivity contribution in [3.63, 3.8) is 0 Å². The molecule has 0 aromatic heterocycles. The van der Waals surface area contributed by atoms with Gasteiger partial charge in [0.1, 0.15) is 11.3 Å². The molecule has 0 fully saturated rings. The van der Waals surface area contributed by atoms with Crippen LogP contribution in [0, 0.1) is 3.57 Å². The van der Waals surface area contributed by atoms with E-state index in [1.807, 2.05) is 77.2 Å². The minimum absolute atomic E-state index is 0.197. The summed E-state index contributed by atoms with van der Waals surface area (Å²) in [5.74, 6) is -1.48. The largest absolute Gasteiger partial charge is 0.506 e. The Bertz CT molecular complexity index is 956. The van der Waals surface area contributed by atoms with Crippen molar-refractivity contribution >= 4 is 39.9 Å². The highest BCUT2D eigenvalue weighted by atomic mass is 127. The van der Waals surface area contributed by atoms with Crippen molar-refractivity contribution in [2.75, 3.05) is 0 Å². The van der Waals surface area contributed by atoms with Crippen LogP contribution in [0.3, 0.4) is 0 Å². The zero-order chi connectivity index (χ0) is 17.8. The van der Waals surface area contributed by atoms with Crippen molar-refractivity contribution in [3.05, 3.63) is 75.9 Å². The number of benzene rings is 3. The Kier molecular flexibility index (Phi) is 5.08. The maximum atomic E-state index is 11.2. The Morgan fingerprint density at radius 3 is 2.32 bits per heavy atom. The molecule has 0 spiro atoms. The molecule has 0 heterocycles. The van der Waals surface area contributed by atoms with Gasteiger partial charge in [-0.1, -0.05) is 48.5 Å². The molecule has 6 heteroatoms. The summed E-state index contributed by atoms with van der Waals surface area (Å²) in [6, 6.07) is 20.3. The van der Waals surface area contributed by atoms with Crippen molar-refractivity contribution < 1.29 is 15.0 Å². The number of aromatic hydroxyl groups is 1. The zero-order valence-corrected chi connectivity index (χ0v) is 15.1. The van der Waals surface area contributed by atoms with Crippen LogP contribution < -0.4 is 0 Å². The number of aromatic carboxylic acids is 1. The second kappa shape index (κ2) is 7.43. The Labute approximate surface area is 157 Å². The summed E-state index contributed by atoms with van der Waals surface area (Å²) in [5, 5.41) is 27.4. The predicted octanol–water partition coefficient (Wildman–Crippen LogP) is 5.78. The second-order valence-electron chi connectivity index (χ2n) is 5.21. The van der Waals surface area contributed by atoms with Crippen molar-refractivity contribution in [2.45, 2.75) is 0 Å². The number of hydrogen-bond acceptors (Lipinski definition) is 4. The first-order valence-electron chi connectivity index (χ1n) is 7.38. The van der Waals surface area contributed by atoms with Crippen LogP contribution in [-0.2, 0) is 0 Å². The molecule has 5 nitrogen and oxygen atoms in total. The lowest BCUT2D eigenvalue weighted by Crippen LogP contribution is -1.97. The molecule has 3 rings (SSSR count). The minimum Gasteiger partial charge on any atom is -0.506 e. The van der Waals surface area contributed by atoms with E-state index in [-0.39, 0.29) is 11.3 Å². The van der Waals surface area contributed by atoms with Gasteiger partial charge in [0, 0.05) is 5.56 Å². The molecular weight excluding hydrogens is 431 g/mol. The van der Waals surface area contributed by atoms with Gasteiger partial charge in [-0.3, -0.25) is 0 Å². The van der Waals surface area contributed by atoms with Crippen LogP contribution in [0.15, 0.2) is 77.0 Å². The van der Waals surface area contributed by atoms with Gasteiger partial charge in [-0.25, -0.2) is 4.79 Å². The molecule has 0 aliphatic rings. The fraction of sp³-hybridized carbons (Fsp3) is 0. The fourth-order valence-corrected chi connectivity index (χ4v) is 2.95. The van der Waals surface area contributed by atoms with Gasteiger partial charge in [-0.05, 0) is 46.4 Å². The molecule has 2 N–H and O–H groups in total. The van der Waals surface area contributed by atoms with Crippen molar-refractivity contribution in [1.29, 1.82) is 0 Å². The molecule has 0 saturated heterocycles. The smallest absolute Gasteiger partial charge is 0.339 e. The van der Waals surface area contributed by atoms with Gasteiger partial charge in [-0.15, -0.1) is 5.11 Å². The number of phenols is 1. The molecule has 0 aliphatic heterocycles. The average Bonchev–Trinajstić information content (AvgIpc) is 2.63. The molecule has 124 valence electrons. The molecule has 0 bridgehead atoms. The summed E-state index contributed by atoms with van der Waals surface area (Å²) in [7, 11) is 0. The van der Waals surface area contributed by atoms with Crippen LogP contribution in [0.4, 0.5) is 11.4 Å². The first-order valence-corrected chi connectivity index (χ1v) is 8.46. The van der Waals surface area contributed by atoms with Crippen molar-refractivity contribution in [2.24, 2.45) is 10.2 Å². The molecule has 25 heavy (non-hydrogen) atoms. The number of carboxylic acid groups (broad SMARTS) is 1. The van der Waals surface area contributed by atoms with E-state index in [2.05, 4.69) is 10.2 Å². The molecule has 0 unspecified atom stereocenters. The third-order valence-electron chi connectivity index (χ3n) is 3.54. The topological polar surface area (TPSA) is 82.2 Å². The van der Waals surface area contributed by atoms with E-state index in [0.29, 0.717) is 14.9 Å². The van der Waals surface area contributed by atoms with Crippen LogP contribution in [0.25, 0.3) is 11.1 Å². The summed E-state index contributed by atoms with van der Waals surface area (Å²) < 4.78 is 0.405. The Balaban J connectivity index is 2.00. The van der Waals surface area contributed by atoms with Crippen LogP contribution in [0.5, 0.6) is 5.75 Å². The maximum absolute atomic E-state index is 11.2. The first kappa shape index (κ1) is 17.1. The van der Waals surface area contributed by atoms with E-state index in [9.17, 15) is 9.90 Å². The molecule has 0 atom stereocenters. The summed E-state index contributed by atoms with van der Waals surface area (Å²) in [6.07, 6.45) is 0. The van der Waals surface area contributed by atoms with Gasteiger partial charge >= 0.3 is 5.97 Å². The van der Waals surface area contributed by atoms with E-state index < -0.39 is 5.97 Å². The highest BCUT2D eigenvalue weighted by molar-refractivity contribution is 14.1. The molecule has 0 radical (unpaired) electrons. The summed E-state index contributed by atoms with van der Waals surface area (Å²) in [5.41, 5.74) is 2.79. The molecular formula is C19H13IN2O3. The van der Waals surface area contributed by atoms with Gasteiger partial charge in [-0.2, -0.15) is 5.11 Å². The number of carbonyl (C=O) groups is 1. The molecule has 0 amide bonds. The number of halogens is 1. The van der Waals surface area contributed by atoms with E-state index in [1.165, 1.54) is 6.07 Å². The van der Waals surface area contributed by atoms with Crippen molar-refractivity contribution in [1.82, 2.24) is 0 Å². The SMILES string of the molecule is O=C(O)c1cc(/N=N/c2ccccc2-c2ccccc2)cc(I)c1O. The zero-order valence-electron chi connectivity index (χ0n) is 12.9. The second-order valence-corrected chi connectivity index (χ2v) is 6.37. The van der Waals surface area contributed by atoms with Gasteiger partial charge in [0.25, 0.3) is 0 Å². The van der Waals surface area contributed by atoms with Crippen LogP contribution >= 0.6 is 22.6 Å². The number of azo groups is 1. The number of rotatable bonds is 4. The summed E-state index contributed by atoms with van der Waals surface area (Å²) in [4.78, 5) is 11.2. The van der Waals surface area contributed by atoms with Gasteiger partial charge in [0.05, 0.1) is 14.9 Å². The first-order chi connectivity index (χ1) is 12.1. The van der Waals surface area contributed by atoms with E-state index in [4.69, 9.17) is 5.11 Å². The molecule has 3 aromatic rings. The minimum atomic E-state index is -1.21. The lowest BCUT2D eigenvalue weighted by atomic mass is 10.0. The molecule has 3 aromatic carbocycles. The monoisotopic (exact) mass is 444 g/mol. The maximum Gasteiger partial charge on any atom is 0.339 e. The number of hydrogen-bond donors (Lipinski definition) is 2. The fourth-order valence-electron chi connectivity index (χ4n) is 2.34. The molecule has 0 aliphatic carbocycles. The van der Waals surface area contributed by atoms with E-state index in [1.54, 1.807) is 6.07 Å². The predicted molar refractivity (Wildman–Crippen MR) is 104 cm³/mol. The van der Waals surface area contributed by atoms with Crippen molar-refractivity contribution in [3.8, 4) is 16.9 Å². The highest BCUT2D eigenvalue weighted by Gasteiger charge is 2.14. The third-order valence-corrected chi connectivity index (χ3v) is 4.36. The number of nitrogens with zero attached hydrogens (tertiary/aromatic N) is 2. The standard InChI is InChI=1S/C19H13IN2O3/c20-16-11-13(10-15(18(16)23)19(24)25)21-22-17-9-5-4-8-14(17)12-6-2-1-3-7-12/h1-11,23H,(H,24,25)/b22-21+. The summed E-state index contributed by atoms with van der Waals surface area (Å²) >= 11 is 1.86. The van der Waals surface area contributed by atoms with Crippen LogP contribution in [0.2, 0.25) is 0 Å². The number of carboxylic acids is 1. The Morgan fingerprint density at radius 2 is 1.60 bits per heavy atom. The van der Waals surface area contributed by atoms with Crippen LogP contribution in [0.1, 0.15) is 10.4 Å². The Morgan fingerprint density at radius 1 is 0.920 bits per heavy atom. The quantitative estimate of drug-likeness (QED) is 0.396. The lowest BCUT2D eigenvalue weighted by molar-refractivity contribution is 0.0693. The molecule has 0 saturated carbocycles. The van der Waals surface area contributed by atoms with Crippen LogP contribution in [-0.4, -0.2) is 16.2 Å². The van der Waals surface area contributed by atoms with E-state index in [0.717, 1.165) is 11.1 Å².